The average Bonchev–Trinajstić information content (AvgIpc) is 3.41. The molecule has 0 aromatic carbocycles. The van der Waals surface area contributed by atoms with Gasteiger partial charge in [0, 0.05) is 48.7 Å². The van der Waals surface area contributed by atoms with Gasteiger partial charge in [0.25, 0.3) is 0 Å². The monoisotopic (exact) mass is 432 g/mol. The highest BCUT2D eigenvalue weighted by Gasteiger charge is 2.29. The number of rotatable bonds is 5. The molecule has 1 fully saturated rings. The molecule has 1 saturated heterocycles. The zero-order valence-corrected chi connectivity index (χ0v) is 17.6. The molecule has 0 aliphatic carbocycles. The lowest BCUT2D eigenvalue weighted by Gasteiger charge is -2.33. The fourth-order valence-corrected chi connectivity index (χ4v) is 4.26. The van der Waals surface area contributed by atoms with Crippen LogP contribution in [0.3, 0.4) is 0 Å². The highest BCUT2D eigenvalue weighted by molar-refractivity contribution is 7.09. The van der Waals surface area contributed by atoms with Crippen LogP contribution in [0.15, 0.2) is 24.0 Å². The van der Waals surface area contributed by atoms with E-state index >= 15 is 0 Å². The summed E-state index contributed by atoms with van der Waals surface area (Å²) in [6, 6.07) is 0. The topological polar surface area (TPSA) is 80.0 Å². The number of carbonyl (C=O) groups is 1. The van der Waals surface area contributed by atoms with Crippen LogP contribution in [0.1, 0.15) is 27.5 Å². The van der Waals surface area contributed by atoms with Crippen molar-refractivity contribution in [2.75, 3.05) is 25.0 Å². The quantitative estimate of drug-likeness (QED) is 0.617. The van der Waals surface area contributed by atoms with E-state index in [4.69, 9.17) is 4.11 Å². The van der Waals surface area contributed by atoms with E-state index in [2.05, 4.69) is 20.1 Å². The lowest BCUT2D eigenvalue weighted by Crippen LogP contribution is -2.41. The van der Waals surface area contributed by atoms with Crippen LogP contribution in [0.4, 0.5) is 10.3 Å². The second-order valence-corrected chi connectivity index (χ2v) is 8.26. The van der Waals surface area contributed by atoms with E-state index in [1.807, 2.05) is 11.8 Å². The Bertz CT molecular complexity index is 1110. The van der Waals surface area contributed by atoms with Gasteiger partial charge in [-0.05, 0) is 25.3 Å². The molecule has 30 heavy (non-hydrogen) atoms. The molecule has 0 saturated carbocycles. The molecule has 1 amide bonds. The Morgan fingerprint density at radius 2 is 2.17 bits per heavy atom. The number of aromatic nitrogens is 5. The molecule has 0 N–H and O–H groups in total. The molecule has 0 atom stereocenters. The van der Waals surface area contributed by atoms with Crippen molar-refractivity contribution in [2.24, 2.45) is 13.0 Å². The second-order valence-electron chi connectivity index (χ2n) is 7.28. The van der Waals surface area contributed by atoms with Gasteiger partial charge in [-0.3, -0.25) is 9.48 Å². The minimum absolute atomic E-state index is 0.0400. The lowest BCUT2D eigenvalue weighted by atomic mass is 9.95. The number of thiazole rings is 1. The number of anilines is 1. The van der Waals surface area contributed by atoms with Gasteiger partial charge in [-0.25, -0.2) is 19.3 Å². The van der Waals surface area contributed by atoms with Crippen LogP contribution >= 0.6 is 11.3 Å². The van der Waals surface area contributed by atoms with Crippen molar-refractivity contribution in [3.8, 4) is 11.4 Å². The number of hydrogen-bond donors (Lipinski definition) is 0. The largest absolute Gasteiger partial charge is 0.341 e. The van der Waals surface area contributed by atoms with E-state index in [0.29, 0.717) is 42.6 Å². The summed E-state index contributed by atoms with van der Waals surface area (Å²) in [5.41, 5.74) is 1.56. The molecule has 8 nitrogen and oxygen atoms in total. The first-order valence-electron chi connectivity index (χ1n) is 11.1. The van der Waals surface area contributed by atoms with Gasteiger partial charge in [-0.15, -0.1) is 11.3 Å². The third-order valence-corrected chi connectivity index (χ3v) is 6.01. The molecular formula is C20H24FN7OS. The van der Waals surface area contributed by atoms with Crippen molar-refractivity contribution < 1.29 is 13.3 Å². The lowest BCUT2D eigenvalue weighted by molar-refractivity contribution is -0.135. The van der Waals surface area contributed by atoms with E-state index in [0.717, 1.165) is 16.7 Å². The highest BCUT2D eigenvalue weighted by Crippen LogP contribution is 2.27. The minimum Gasteiger partial charge on any atom is -0.341 e. The molecule has 0 radical (unpaired) electrons. The van der Waals surface area contributed by atoms with Gasteiger partial charge in [0.2, 0.25) is 11.9 Å². The number of piperidine rings is 1. The van der Waals surface area contributed by atoms with Crippen LogP contribution in [0.5, 0.6) is 0 Å². The number of hydrogen-bond acceptors (Lipinski definition) is 7. The summed E-state index contributed by atoms with van der Waals surface area (Å²) in [6.45, 7) is 0.163. The summed E-state index contributed by atoms with van der Waals surface area (Å²) in [5.74, 6) is -1.00. The van der Waals surface area contributed by atoms with Crippen molar-refractivity contribution in [3.63, 3.8) is 0 Å². The van der Waals surface area contributed by atoms with Crippen LogP contribution in [0, 0.1) is 18.7 Å². The van der Waals surface area contributed by atoms with Gasteiger partial charge < -0.3 is 9.80 Å². The van der Waals surface area contributed by atoms with Crippen LogP contribution in [-0.4, -0.2) is 55.6 Å². The third kappa shape index (κ3) is 4.04. The molecule has 0 spiro atoms. The van der Waals surface area contributed by atoms with Gasteiger partial charge in [0.15, 0.2) is 5.82 Å². The van der Waals surface area contributed by atoms with Crippen molar-refractivity contribution in [1.29, 1.82) is 0 Å². The SMILES string of the molecule is [2H]C([2H])([2H])N(Cc1nccs1)C(=O)C1CCN(c2ncc(F)c(-c3c(C)cnn3C)n2)CC1. The van der Waals surface area contributed by atoms with E-state index in [9.17, 15) is 9.18 Å². The molecular weight excluding hydrogens is 405 g/mol. The summed E-state index contributed by atoms with van der Waals surface area (Å²) < 4.78 is 39.5. The van der Waals surface area contributed by atoms with E-state index in [1.165, 1.54) is 11.3 Å². The molecule has 158 valence electrons. The van der Waals surface area contributed by atoms with Crippen LogP contribution < -0.4 is 4.90 Å². The first-order chi connectivity index (χ1) is 15.6. The molecule has 1 aliphatic rings. The number of amides is 1. The minimum atomic E-state index is -2.55. The maximum Gasteiger partial charge on any atom is 0.226 e. The molecule has 10 heteroatoms. The maximum atomic E-state index is 14.5. The fourth-order valence-electron chi connectivity index (χ4n) is 3.65. The van der Waals surface area contributed by atoms with Gasteiger partial charge in [-0.1, -0.05) is 0 Å². The van der Waals surface area contributed by atoms with E-state index in [1.54, 1.807) is 29.5 Å². The molecule has 0 bridgehead atoms. The van der Waals surface area contributed by atoms with Crippen LogP contribution in [0.2, 0.25) is 0 Å². The van der Waals surface area contributed by atoms with Crippen LogP contribution in [0.25, 0.3) is 11.4 Å². The summed E-state index contributed by atoms with van der Waals surface area (Å²) in [5, 5.41) is 6.48. The van der Waals surface area contributed by atoms with E-state index < -0.39 is 24.6 Å². The Morgan fingerprint density at radius 1 is 1.37 bits per heavy atom. The first kappa shape index (κ1) is 16.9. The first-order valence-corrected chi connectivity index (χ1v) is 10.5. The predicted octanol–water partition coefficient (Wildman–Crippen LogP) is 2.66. The Balaban J connectivity index is 1.47. The smallest absolute Gasteiger partial charge is 0.226 e. The molecule has 3 aromatic heterocycles. The van der Waals surface area contributed by atoms with Crippen LogP contribution in [-0.2, 0) is 18.4 Å². The normalized spacial score (nSPS) is 16.8. The molecule has 3 aromatic rings. The number of halogens is 1. The number of aryl methyl sites for hydroxylation is 2. The number of carbonyl (C=O) groups excluding carboxylic acids is 1. The summed E-state index contributed by atoms with van der Waals surface area (Å²) in [7, 11) is 1.73. The molecule has 4 rings (SSSR count). The number of nitrogens with zero attached hydrogens (tertiary/aromatic N) is 7. The van der Waals surface area contributed by atoms with Crippen molar-refractivity contribution >= 4 is 23.2 Å². The molecule has 1 aliphatic heterocycles. The van der Waals surface area contributed by atoms with Crippen molar-refractivity contribution in [2.45, 2.75) is 26.3 Å². The van der Waals surface area contributed by atoms with Crippen molar-refractivity contribution in [1.82, 2.24) is 29.6 Å². The maximum absolute atomic E-state index is 14.5. The Kier molecular flexibility index (Phi) is 4.76. The predicted molar refractivity (Wildman–Crippen MR) is 112 cm³/mol. The zero-order valence-electron chi connectivity index (χ0n) is 19.7. The molecule has 0 unspecified atom stereocenters. The summed E-state index contributed by atoms with van der Waals surface area (Å²) >= 11 is 1.32. The summed E-state index contributed by atoms with van der Waals surface area (Å²) in [4.78, 5) is 28.6. The Morgan fingerprint density at radius 3 is 2.80 bits per heavy atom. The zero-order chi connectivity index (χ0) is 23.8. The standard InChI is InChI=1S/C20H24FN7OS/c1-13-10-24-27(3)18(13)17-15(21)11-23-20(25-17)28-7-4-14(5-8-28)19(29)26(2)12-16-22-6-9-30-16/h6,9-11,14H,4-5,7-8,12H2,1-3H3/i2D3. The Labute approximate surface area is 182 Å². The Hall–Kier alpha value is -2.88. The highest BCUT2D eigenvalue weighted by atomic mass is 32.1. The van der Waals surface area contributed by atoms with Gasteiger partial charge in [-0.2, -0.15) is 5.10 Å². The second kappa shape index (κ2) is 8.47. The van der Waals surface area contributed by atoms with Crippen molar-refractivity contribution in [3.05, 3.63) is 40.4 Å². The van der Waals surface area contributed by atoms with E-state index in [-0.39, 0.29) is 12.2 Å². The van der Waals surface area contributed by atoms with Gasteiger partial charge in [0.1, 0.15) is 10.7 Å². The molecule has 4 heterocycles. The summed E-state index contributed by atoms with van der Waals surface area (Å²) in [6.07, 6.45) is 5.28. The third-order valence-electron chi connectivity index (χ3n) is 5.25. The average molecular weight is 433 g/mol. The van der Waals surface area contributed by atoms with Gasteiger partial charge in [0.05, 0.1) is 24.6 Å². The fraction of sp³-hybridized carbons (Fsp3) is 0.450. The van der Waals surface area contributed by atoms with Gasteiger partial charge >= 0.3 is 0 Å².